The van der Waals surface area contributed by atoms with Crippen molar-refractivity contribution >= 4 is 29.2 Å². The highest BCUT2D eigenvalue weighted by Gasteiger charge is 2.28. The first-order chi connectivity index (χ1) is 19.0. The van der Waals surface area contributed by atoms with Gasteiger partial charge in [-0.3, -0.25) is 9.59 Å². The summed E-state index contributed by atoms with van der Waals surface area (Å²) in [7, 11) is 1.28. The quantitative estimate of drug-likeness (QED) is 0.247. The maximum atomic E-state index is 13.1. The molecule has 0 radical (unpaired) electrons. The number of ether oxygens (including phenoxy) is 1. The topological polar surface area (TPSA) is 110 Å². The number of anilines is 1. The molecule has 0 aliphatic heterocycles. The van der Waals surface area contributed by atoms with Crippen molar-refractivity contribution in [3.8, 4) is 11.1 Å². The number of carbonyl (C=O) groups excluding carboxylic acids is 3. The molecule has 1 aliphatic carbocycles. The third-order valence-electron chi connectivity index (χ3n) is 6.66. The second kappa shape index (κ2) is 11.2. The molecule has 196 valence electrons. The Morgan fingerprint density at radius 3 is 2.28 bits per heavy atom. The van der Waals surface area contributed by atoms with Crippen LogP contribution in [0, 0.1) is 6.92 Å². The smallest absolute Gasteiger partial charge is 0.339 e. The third kappa shape index (κ3) is 5.36. The Bertz CT molecular complexity index is 1570. The number of hydrogen-bond donors (Lipinski definition) is 2. The van der Waals surface area contributed by atoms with Crippen LogP contribution in [0.25, 0.3) is 11.1 Å². The number of furan rings is 1. The average molecular weight is 522 g/mol. The maximum Gasteiger partial charge on any atom is 0.339 e. The molecule has 8 heteroatoms. The zero-order valence-electron chi connectivity index (χ0n) is 21.6. The average Bonchev–Trinajstić information content (AvgIpc) is 3.33. The molecule has 3 aromatic carbocycles. The Morgan fingerprint density at radius 2 is 1.54 bits per heavy atom. The Balaban J connectivity index is 1.34. The molecular weight excluding hydrogens is 494 g/mol. The van der Waals surface area contributed by atoms with Crippen molar-refractivity contribution in [2.45, 2.75) is 26.2 Å². The second-order valence-corrected chi connectivity index (χ2v) is 9.14. The summed E-state index contributed by atoms with van der Waals surface area (Å²) >= 11 is 0. The summed E-state index contributed by atoms with van der Waals surface area (Å²) in [5.74, 6) is -0.586. The SMILES string of the molecule is COC(=O)c1ccccc1NC(=O)c1oc2c(c1C)/C(=N/NC(=O)c1ccc(-c3ccccc3)cc1)CCC2. The van der Waals surface area contributed by atoms with Crippen molar-refractivity contribution in [2.75, 3.05) is 12.4 Å². The predicted octanol–water partition coefficient (Wildman–Crippen LogP) is 5.76. The van der Waals surface area contributed by atoms with Gasteiger partial charge < -0.3 is 14.5 Å². The summed E-state index contributed by atoms with van der Waals surface area (Å²) < 4.78 is 10.8. The highest BCUT2D eigenvalue weighted by atomic mass is 16.5. The molecule has 0 unspecified atom stereocenters. The first-order valence-electron chi connectivity index (χ1n) is 12.6. The largest absolute Gasteiger partial charge is 0.465 e. The minimum Gasteiger partial charge on any atom is -0.465 e. The van der Waals surface area contributed by atoms with Crippen LogP contribution < -0.4 is 10.7 Å². The van der Waals surface area contributed by atoms with E-state index < -0.39 is 11.9 Å². The summed E-state index contributed by atoms with van der Waals surface area (Å²) in [5, 5.41) is 7.16. The van der Waals surface area contributed by atoms with Crippen LogP contribution in [0.15, 0.2) is 88.4 Å². The number of carbonyl (C=O) groups is 3. The van der Waals surface area contributed by atoms with Crippen molar-refractivity contribution in [1.82, 2.24) is 5.43 Å². The fourth-order valence-electron chi connectivity index (χ4n) is 4.68. The molecule has 0 atom stereocenters. The Labute approximate surface area is 225 Å². The molecule has 39 heavy (non-hydrogen) atoms. The van der Waals surface area contributed by atoms with E-state index in [1.54, 1.807) is 43.3 Å². The molecule has 1 aromatic heterocycles. The first kappa shape index (κ1) is 25.7. The normalized spacial score (nSPS) is 13.4. The van der Waals surface area contributed by atoms with E-state index in [4.69, 9.17) is 9.15 Å². The molecular formula is C31H27N3O5. The number of esters is 1. The van der Waals surface area contributed by atoms with Gasteiger partial charge in [-0.1, -0.05) is 54.6 Å². The number of hydrogen-bond acceptors (Lipinski definition) is 6. The van der Waals surface area contributed by atoms with Crippen LogP contribution in [-0.4, -0.2) is 30.6 Å². The van der Waals surface area contributed by atoms with Crippen molar-refractivity contribution in [2.24, 2.45) is 5.10 Å². The van der Waals surface area contributed by atoms with E-state index in [0.29, 0.717) is 41.1 Å². The lowest BCUT2D eigenvalue weighted by molar-refractivity contribution is 0.0601. The van der Waals surface area contributed by atoms with Crippen LogP contribution in [0.5, 0.6) is 0 Å². The van der Waals surface area contributed by atoms with Gasteiger partial charge in [-0.15, -0.1) is 0 Å². The molecule has 2 amide bonds. The molecule has 8 nitrogen and oxygen atoms in total. The fraction of sp³-hybridized carbons (Fsp3) is 0.161. The minimum atomic E-state index is -0.554. The molecule has 0 saturated heterocycles. The van der Waals surface area contributed by atoms with Crippen LogP contribution >= 0.6 is 0 Å². The van der Waals surface area contributed by atoms with E-state index in [1.807, 2.05) is 42.5 Å². The lowest BCUT2D eigenvalue weighted by atomic mass is 9.93. The number of benzene rings is 3. The van der Waals surface area contributed by atoms with Crippen molar-refractivity contribution in [3.05, 3.63) is 113 Å². The predicted molar refractivity (Wildman–Crippen MR) is 148 cm³/mol. The van der Waals surface area contributed by atoms with E-state index >= 15 is 0 Å². The molecule has 0 saturated carbocycles. The van der Waals surface area contributed by atoms with Gasteiger partial charge in [0.25, 0.3) is 11.8 Å². The number of fused-ring (bicyclic) bond motifs is 1. The number of aryl methyl sites for hydroxylation is 1. The van der Waals surface area contributed by atoms with Gasteiger partial charge in [0.1, 0.15) is 5.76 Å². The zero-order chi connectivity index (χ0) is 27.4. The number of para-hydroxylation sites is 1. The zero-order valence-corrected chi connectivity index (χ0v) is 21.6. The molecule has 0 bridgehead atoms. The Morgan fingerprint density at radius 1 is 0.846 bits per heavy atom. The summed E-state index contributed by atoms with van der Waals surface area (Å²) in [4.78, 5) is 38.0. The highest BCUT2D eigenvalue weighted by Crippen LogP contribution is 2.31. The Kier molecular flexibility index (Phi) is 7.36. The third-order valence-corrected chi connectivity index (χ3v) is 6.66. The van der Waals surface area contributed by atoms with Crippen LogP contribution in [0.3, 0.4) is 0 Å². The lowest BCUT2D eigenvalue weighted by Crippen LogP contribution is -2.22. The van der Waals surface area contributed by atoms with E-state index in [9.17, 15) is 14.4 Å². The number of methoxy groups -OCH3 is 1. The van der Waals surface area contributed by atoms with Gasteiger partial charge in [0.05, 0.1) is 24.1 Å². The van der Waals surface area contributed by atoms with Gasteiger partial charge >= 0.3 is 5.97 Å². The monoisotopic (exact) mass is 521 g/mol. The minimum absolute atomic E-state index is 0.136. The summed E-state index contributed by atoms with van der Waals surface area (Å²) in [6.45, 7) is 1.79. The molecule has 0 fully saturated rings. The number of rotatable bonds is 6. The van der Waals surface area contributed by atoms with E-state index in [2.05, 4.69) is 15.8 Å². The number of hydrazone groups is 1. The van der Waals surface area contributed by atoms with Crippen LogP contribution in [-0.2, 0) is 11.2 Å². The van der Waals surface area contributed by atoms with E-state index in [1.165, 1.54) is 7.11 Å². The first-order valence-corrected chi connectivity index (χ1v) is 12.6. The van der Waals surface area contributed by atoms with E-state index in [-0.39, 0.29) is 17.2 Å². The van der Waals surface area contributed by atoms with Crippen molar-refractivity contribution < 1.29 is 23.5 Å². The number of amides is 2. The van der Waals surface area contributed by atoms with Gasteiger partial charge in [-0.25, -0.2) is 10.2 Å². The highest BCUT2D eigenvalue weighted by molar-refractivity contribution is 6.11. The lowest BCUT2D eigenvalue weighted by Gasteiger charge is -2.13. The molecule has 5 rings (SSSR count). The summed E-state index contributed by atoms with van der Waals surface area (Å²) in [5.41, 5.74) is 7.80. The van der Waals surface area contributed by atoms with Gasteiger partial charge in [0.15, 0.2) is 5.76 Å². The molecule has 2 N–H and O–H groups in total. The fourth-order valence-corrected chi connectivity index (χ4v) is 4.68. The second-order valence-electron chi connectivity index (χ2n) is 9.14. The molecule has 1 heterocycles. The van der Waals surface area contributed by atoms with Crippen molar-refractivity contribution in [3.63, 3.8) is 0 Å². The van der Waals surface area contributed by atoms with Crippen LogP contribution in [0.1, 0.15) is 61.0 Å². The van der Waals surface area contributed by atoms with Gasteiger partial charge in [-0.2, -0.15) is 5.10 Å². The number of nitrogens with zero attached hydrogens (tertiary/aromatic N) is 1. The van der Waals surface area contributed by atoms with Gasteiger partial charge in [0.2, 0.25) is 0 Å². The summed E-state index contributed by atoms with van der Waals surface area (Å²) in [6, 6.07) is 23.9. The van der Waals surface area contributed by atoms with Crippen LogP contribution in [0.2, 0.25) is 0 Å². The summed E-state index contributed by atoms with van der Waals surface area (Å²) in [6.07, 6.45) is 2.05. The maximum absolute atomic E-state index is 13.1. The Hall–Kier alpha value is -4.98. The molecule has 4 aromatic rings. The molecule has 1 aliphatic rings. The standard InChI is InChI=1S/C31H27N3O5/c1-19-27-25(33-34-29(35)22-17-15-21(16-18-22)20-9-4-3-5-10-20)13-8-14-26(27)39-28(19)30(36)32-24-12-7-6-11-23(24)31(37)38-2/h3-7,9-12,15-18H,8,13-14H2,1-2H3,(H,32,36)(H,34,35)/b33-25+. The molecule has 0 spiro atoms. The van der Waals surface area contributed by atoms with Crippen LogP contribution in [0.4, 0.5) is 5.69 Å². The van der Waals surface area contributed by atoms with E-state index in [0.717, 1.165) is 23.1 Å². The van der Waals surface area contributed by atoms with Crippen molar-refractivity contribution in [1.29, 1.82) is 0 Å². The van der Waals surface area contributed by atoms with Gasteiger partial charge in [-0.05, 0) is 55.2 Å². The van der Waals surface area contributed by atoms with Gasteiger partial charge in [0, 0.05) is 23.1 Å². The number of nitrogens with one attached hydrogen (secondary N) is 2.